The zero-order valence-electron chi connectivity index (χ0n) is 10.9. The number of carbonyl (C=O) groups excluding carboxylic acids is 1. The van der Waals surface area contributed by atoms with E-state index in [1.165, 1.54) is 0 Å². The maximum Gasteiger partial charge on any atom is 0.251 e. The average Bonchev–Trinajstić information content (AvgIpc) is 2.80. The van der Waals surface area contributed by atoms with Crippen LogP contribution in [0, 0.1) is 6.92 Å². The largest absolute Gasteiger partial charge is 0.399 e. The van der Waals surface area contributed by atoms with Crippen LogP contribution in [0.25, 0.3) is 0 Å². The molecule has 2 atom stereocenters. The van der Waals surface area contributed by atoms with Crippen molar-refractivity contribution in [2.24, 2.45) is 0 Å². The number of carbonyl (C=O) groups is 1. The van der Waals surface area contributed by atoms with Crippen LogP contribution in [-0.4, -0.2) is 24.7 Å². The van der Waals surface area contributed by atoms with Gasteiger partial charge in [-0.05, 0) is 50.5 Å². The van der Waals surface area contributed by atoms with E-state index in [1.807, 2.05) is 26.0 Å². The van der Waals surface area contributed by atoms with Gasteiger partial charge in [0.2, 0.25) is 0 Å². The lowest BCUT2D eigenvalue weighted by Gasteiger charge is -2.20. The van der Waals surface area contributed by atoms with Crippen molar-refractivity contribution in [3.8, 4) is 0 Å². The van der Waals surface area contributed by atoms with Gasteiger partial charge in [0.15, 0.2) is 0 Å². The van der Waals surface area contributed by atoms with Gasteiger partial charge in [0, 0.05) is 17.9 Å². The highest BCUT2D eigenvalue weighted by molar-refractivity contribution is 5.95. The summed E-state index contributed by atoms with van der Waals surface area (Å²) in [5.41, 5.74) is 7.96. The Bertz CT molecular complexity index is 419. The number of hydrogen-bond acceptors (Lipinski definition) is 3. The molecule has 1 amide bonds. The van der Waals surface area contributed by atoms with E-state index in [2.05, 4.69) is 5.32 Å². The predicted octanol–water partition coefficient (Wildman–Crippen LogP) is 1.87. The molecule has 0 bridgehead atoms. The molecule has 1 heterocycles. The third-order valence-corrected chi connectivity index (χ3v) is 3.24. The van der Waals surface area contributed by atoms with Gasteiger partial charge in [-0.25, -0.2) is 0 Å². The van der Waals surface area contributed by atoms with E-state index in [9.17, 15) is 4.79 Å². The molecule has 18 heavy (non-hydrogen) atoms. The van der Waals surface area contributed by atoms with Crippen molar-refractivity contribution in [2.75, 3.05) is 12.3 Å². The van der Waals surface area contributed by atoms with E-state index in [4.69, 9.17) is 10.5 Å². The van der Waals surface area contributed by atoms with Gasteiger partial charge in [-0.3, -0.25) is 4.79 Å². The molecular weight excluding hydrogens is 228 g/mol. The van der Waals surface area contributed by atoms with E-state index in [-0.39, 0.29) is 18.1 Å². The van der Waals surface area contributed by atoms with E-state index in [0.717, 1.165) is 25.0 Å². The molecule has 1 saturated heterocycles. The smallest absolute Gasteiger partial charge is 0.251 e. The molecule has 1 fully saturated rings. The standard InChI is InChI=1S/C14H20N2O2/c1-9-6-11(8-12(15)7-9)14(17)16-10(2)13-4-3-5-18-13/h6-8,10,13H,3-5,15H2,1-2H3,(H,16,17). The molecule has 4 nitrogen and oxygen atoms in total. The predicted molar refractivity (Wildman–Crippen MR) is 71.5 cm³/mol. The summed E-state index contributed by atoms with van der Waals surface area (Å²) in [6, 6.07) is 5.42. The van der Waals surface area contributed by atoms with Crippen LogP contribution < -0.4 is 11.1 Å². The topological polar surface area (TPSA) is 64.4 Å². The lowest BCUT2D eigenvalue weighted by atomic mass is 10.1. The van der Waals surface area contributed by atoms with Crippen molar-refractivity contribution in [3.63, 3.8) is 0 Å². The normalized spacial score (nSPS) is 20.7. The van der Waals surface area contributed by atoms with Gasteiger partial charge in [-0.1, -0.05) is 0 Å². The minimum absolute atomic E-state index is 0.0294. The van der Waals surface area contributed by atoms with Gasteiger partial charge >= 0.3 is 0 Å². The highest BCUT2D eigenvalue weighted by Crippen LogP contribution is 2.16. The van der Waals surface area contributed by atoms with Crippen LogP contribution in [0.2, 0.25) is 0 Å². The first-order valence-electron chi connectivity index (χ1n) is 6.36. The molecule has 1 aliphatic heterocycles. The molecule has 4 heteroatoms. The summed E-state index contributed by atoms with van der Waals surface area (Å²) >= 11 is 0. The average molecular weight is 248 g/mol. The number of anilines is 1. The third-order valence-electron chi connectivity index (χ3n) is 3.24. The first-order valence-corrected chi connectivity index (χ1v) is 6.36. The molecule has 0 aromatic heterocycles. The second-order valence-corrected chi connectivity index (χ2v) is 4.95. The number of rotatable bonds is 3. The summed E-state index contributed by atoms with van der Waals surface area (Å²) in [6.07, 6.45) is 2.22. The Labute approximate surface area is 108 Å². The highest BCUT2D eigenvalue weighted by Gasteiger charge is 2.24. The fourth-order valence-electron chi connectivity index (χ4n) is 2.32. The van der Waals surface area contributed by atoms with Crippen molar-refractivity contribution in [1.82, 2.24) is 5.32 Å². The van der Waals surface area contributed by atoms with Crippen molar-refractivity contribution in [1.29, 1.82) is 0 Å². The number of hydrogen-bond donors (Lipinski definition) is 2. The number of nitrogens with two attached hydrogens (primary N) is 1. The number of nitrogens with one attached hydrogen (secondary N) is 1. The zero-order chi connectivity index (χ0) is 13.1. The summed E-state index contributed by atoms with van der Waals surface area (Å²) in [4.78, 5) is 12.1. The number of nitrogen functional groups attached to an aromatic ring is 1. The van der Waals surface area contributed by atoms with Crippen molar-refractivity contribution < 1.29 is 9.53 Å². The zero-order valence-corrected chi connectivity index (χ0v) is 10.9. The van der Waals surface area contributed by atoms with Gasteiger partial charge in [0.1, 0.15) is 0 Å². The van der Waals surface area contributed by atoms with Crippen molar-refractivity contribution in [2.45, 2.75) is 38.8 Å². The molecule has 2 rings (SSSR count). The molecule has 1 aromatic rings. The molecule has 98 valence electrons. The Morgan fingerprint density at radius 1 is 1.50 bits per heavy atom. The number of aryl methyl sites for hydroxylation is 1. The lowest BCUT2D eigenvalue weighted by molar-refractivity contribution is 0.0712. The van der Waals surface area contributed by atoms with Crippen molar-refractivity contribution in [3.05, 3.63) is 29.3 Å². The molecule has 1 aromatic carbocycles. The molecule has 0 aliphatic carbocycles. The van der Waals surface area contributed by atoms with Gasteiger partial charge < -0.3 is 15.8 Å². The SMILES string of the molecule is Cc1cc(N)cc(C(=O)NC(C)C2CCCO2)c1. The van der Waals surface area contributed by atoms with E-state index in [1.54, 1.807) is 6.07 Å². The number of benzene rings is 1. The van der Waals surface area contributed by atoms with Crippen LogP contribution in [-0.2, 0) is 4.74 Å². The van der Waals surface area contributed by atoms with Crippen LogP contribution in [0.1, 0.15) is 35.7 Å². The molecule has 3 N–H and O–H groups in total. The van der Waals surface area contributed by atoms with Crippen LogP contribution in [0.4, 0.5) is 5.69 Å². The highest BCUT2D eigenvalue weighted by atomic mass is 16.5. The third kappa shape index (κ3) is 3.01. The molecule has 0 spiro atoms. The number of amides is 1. The lowest BCUT2D eigenvalue weighted by Crippen LogP contribution is -2.40. The summed E-state index contributed by atoms with van der Waals surface area (Å²) in [6.45, 7) is 4.70. The van der Waals surface area contributed by atoms with E-state index >= 15 is 0 Å². The first kappa shape index (κ1) is 12.9. The molecule has 0 saturated carbocycles. The molecule has 0 radical (unpaired) electrons. The Morgan fingerprint density at radius 2 is 2.28 bits per heavy atom. The van der Waals surface area contributed by atoms with E-state index in [0.29, 0.717) is 11.3 Å². The number of ether oxygens (including phenoxy) is 1. The molecule has 2 unspecified atom stereocenters. The van der Waals surface area contributed by atoms with Crippen LogP contribution in [0.15, 0.2) is 18.2 Å². The Kier molecular flexibility index (Phi) is 3.87. The second-order valence-electron chi connectivity index (χ2n) is 4.95. The monoisotopic (exact) mass is 248 g/mol. The molecular formula is C14H20N2O2. The molecule has 1 aliphatic rings. The van der Waals surface area contributed by atoms with Gasteiger partial charge in [0.25, 0.3) is 5.91 Å². The second kappa shape index (κ2) is 5.40. The van der Waals surface area contributed by atoms with Crippen LogP contribution >= 0.6 is 0 Å². The van der Waals surface area contributed by atoms with Gasteiger partial charge in [-0.2, -0.15) is 0 Å². The van der Waals surface area contributed by atoms with Crippen LogP contribution in [0.5, 0.6) is 0 Å². The van der Waals surface area contributed by atoms with Gasteiger partial charge in [-0.15, -0.1) is 0 Å². The maximum atomic E-state index is 12.1. The fourth-order valence-corrected chi connectivity index (χ4v) is 2.32. The quantitative estimate of drug-likeness (QED) is 0.803. The summed E-state index contributed by atoms with van der Waals surface area (Å²) in [5.74, 6) is -0.0894. The summed E-state index contributed by atoms with van der Waals surface area (Å²) in [5, 5.41) is 2.97. The van der Waals surface area contributed by atoms with Crippen LogP contribution in [0.3, 0.4) is 0 Å². The summed E-state index contributed by atoms with van der Waals surface area (Å²) in [7, 11) is 0. The minimum atomic E-state index is -0.0894. The minimum Gasteiger partial charge on any atom is -0.399 e. The Balaban J connectivity index is 2.02. The van der Waals surface area contributed by atoms with E-state index < -0.39 is 0 Å². The Morgan fingerprint density at radius 3 is 2.89 bits per heavy atom. The fraction of sp³-hybridized carbons (Fsp3) is 0.500. The van der Waals surface area contributed by atoms with Gasteiger partial charge in [0.05, 0.1) is 12.1 Å². The maximum absolute atomic E-state index is 12.1. The Hall–Kier alpha value is -1.55. The first-order chi connectivity index (χ1) is 8.56. The van der Waals surface area contributed by atoms with Crippen molar-refractivity contribution >= 4 is 11.6 Å². The summed E-state index contributed by atoms with van der Waals surface area (Å²) < 4.78 is 5.56.